The van der Waals surface area contributed by atoms with Gasteiger partial charge in [-0.1, -0.05) is 6.92 Å². The Labute approximate surface area is 83.2 Å². The summed E-state index contributed by atoms with van der Waals surface area (Å²) < 4.78 is 4.67. The maximum absolute atomic E-state index is 11.6. The molecule has 0 N–H and O–H groups in total. The van der Waals surface area contributed by atoms with E-state index in [0.717, 1.165) is 4.90 Å². The maximum Gasteiger partial charge on any atom is 0.416 e. The van der Waals surface area contributed by atoms with Crippen LogP contribution in [0.2, 0.25) is 0 Å². The lowest BCUT2D eigenvalue weighted by atomic mass is 10.1. The number of cyclic esters (lactones) is 1. The first kappa shape index (κ1) is 10.6. The molecule has 0 saturated carbocycles. The van der Waals surface area contributed by atoms with Gasteiger partial charge < -0.3 is 4.74 Å². The fourth-order valence-corrected chi connectivity index (χ4v) is 1.20. The highest BCUT2D eigenvalue weighted by molar-refractivity contribution is 5.94. The predicted molar refractivity (Wildman–Crippen MR) is 50.3 cm³/mol. The van der Waals surface area contributed by atoms with E-state index in [4.69, 9.17) is 0 Å². The monoisotopic (exact) mass is 195 g/mol. The summed E-state index contributed by atoms with van der Waals surface area (Å²) in [5.41, 5.74) is 0. The maximum atomic E-state index is 11.6. The Hall–Kier alpha value is -1.50. The Balaban J connectivity index is 2.54. The van der Waals surface area contributed by atoms with Gasteiger partial charge in [0, 0.05) is 12.3 Å². The van der Waals surface area contributed by atoms with E-state index in [-0.39, 0.29) is 11.8 Å². The number of nitrogens with zero attached hydrogens (tertiary/aromatic N) is 1. The first-order chi connectivity index (χ1) is 6.66. The Morgan fingerprint density at radius 3 is 2.93 bits per heavy atom. The molecule has 1 unspecified atom stereocenters. The number of carbonyl (C=O) groups is 2. The lowest BCUT2D eigenvalue weighted by Gasteiger charge is -2.14. The molecule has 4 nitrogen and oxygen atoms in total. The summed E-state index contributed by atoms with van der Waals surface area (Å²) in [6.07, 6.45) is -0.0506. The minimum Gasteiger partial charge on any atom is -0.447 e. The fourth-order valence-electron chi connectivity index (χ4n) is 1.20. The SMILES string of the molecule is CC#CCC(C)C(=O)N1CCOC1=O. The molecule has 1 heterocycles. The zero-order chi connectivity index (χ0) is 10.6. The highest BCUT2D eigenvalue weighted by atomic mass is 16.6. The second-order valence-electron chi connectivity index (χ2n) is 3.14. The number of hydrogen-bond donors (Lipinski definition) is 0. The molecule has 1 saturated heterocycles. The van der Waals surface area contributed by atoms with Crippen LogP contribution < -0.4 is 0 Å². The van der Waals surface area contributed by atoms with Gasteiger partial charge in [-0.3, -0.25) is 4.79 Å². The molecule has 1 rings (SSSR count). The number of imide groups is 1. The van der Waals surface area contributed by atoms with Crippen LogP contribution in [0.3, 0.4) is 0 Å². The summed E-state index contributed by atoms with van der Waals surface area (Å²) in [5, 5.41) is 0. The van der Waals surface area contributed by atoms with E-state index < -0.39 is 6.09 Å². The number of amides is 2. The number of ether oxygens (including phenoxy) is 1. The van der Waals surface area contributed by atoms with Gasteiger partial charge in [0.15, 0.2) is 0 Å². The van der Waals surface area contributed by atoms with Gasteiger partial charge in [-0.25, -0.2) is 9.69 Å². The summed E-state index contributed by atoms with van der Waals surface area (Å²) in [5.74, 6) is 5.09. The zero-order valence-corrected chi connectivity index (χ0v) is 8.37. The molecule has 0 bridgehead atoms. The van der Waals surface area contributed by atoms with Crippen molar-refractivity contribution in [2.75, 3.05) is 13.2 Å². The normalized spacial score (nSPS) is 17.0. The van der Waals surface area contributed by atoms with Gasteiger partial charge in [0.2, 0.25) is 5.91 Å². The molecule has 1 aliphatic rings. The molecule has 1 atom stereocenters. The van der Waals surface area contributed by atoms with Crippen LogP contribution in [0.15, 0.2) is 0 Å². The van der Waals surface area contributed by atoms with Crippen LogP contribution in [0.1, 0.15) is 20.3 Å². The fraction of sp³-hybridized carbons (Fsp3) is 0.600. The first-order valence-electron chi connectivity index (χ1n) is 4.54. The third-order valence-corrected chi connectivity index (χ3v) is 2.03. The Kier molecular flexibility index (Phi) is 3.52. The second-order valence-corrected chi connectivity index (χ2v) is 3.14. The smallest absolute Gasteiger partial charge is 0.416 e. The summed E-state index contributed by atoms with van der Waals surface area (Å²) >= 11 is 0. The summed E-state index contributed by atoms with van der Waals surface area (Å²) in [7, 11) is 0. The van der Waals surface area contributed by atoms with Gasteiger partial charge in [0.05, 0.1) is 6.54 Å². The van der Waals surface area contributed by atoms with Gasteiger partial charge in [-0.05, 0) is 6.92 Å². The molecule has 0 aliphatic carbocycles. The van der Waals surface area contributed by atoms with Crippen molar-refractivity contribution < 1.29 is 14.3 Å². The van der Waals surface area contributed by atoms with Crippen LogP contribution in [0.5, 0.6) is 0 Å². The molecule has 0 aromatic rings. The van der Waals surface area contributed by atoms with Gasteiger partial charge in [0.1, 0.15) is 6.61 Å². The Morgan fingerprint density at radius 2 is 2.43 bits per heavy atom. The lowest BCUT2D eigenvalue weighted by molar-refractivity contribution is -0.131. The van der Waals surface area contributed by atoms with Crippen molar-refractivity contribution >= 4 is 12.0 Å². The zero-order valence-electron chi connectivity index (χ0n) is 8.37. The summed E-state index contributed by atoms with van der Waals surface area (Å²) in [6, 6.07) is 0. The molecular formula is C10H13NO3. The van der Waals surface area contributed by atoms with E-state index in [1.54, 1.807) is 13.8 Å². The third-order valence-electron chi connectivity index (χ3n) is 2.03. The molecule has 0 aromatic carbocycles. The quantitative estimate of drug-likeness (QED) is 0.618. The summed E-state index contributed by atoms with van der Waals surface area (Å²) in [4.78, 5) is 23.8. The first-order valence-corrected chi connectivity index (χ1v) is 4.54. The van der Waals surface area contributed by atoms with E-state index in [2.05, 4.69) is 16.6 Å². The topological polar surface area (TPSA) is 46.6 Å². The molecular weight excluding hydrogens is 182 g/mol. The third kappa shape index (κ3) is 2.25. The summed E-state index contributed by atoms with van der Waals surface area (Å²) in [6.45, 7) is 4.15. The van der Waals surface area contributed by atoms with E-state index in [1.165, 1.54) is 0 Å². The Bertz CT molecular complexity index is 300. The molecule has 0 radical (unpaired) electrons. The van der Waals surface area contributed by atoms with E-state index >= 15 is 0 Å². The van der Waals surface area contributed by atoms with Crippen LogP contribution in [0.4, 0.5) is 4.79 Å². The molecule has 14 heavy (non-hydrogen) atoms. The van der Waals surface area contributed by atoms with E-state index in [9.17, 15) is 9.59 Å². The molecule has 1 fully saturated rings. The molecule has 76 valence electrons. The van der Waals surface area contributed by atoms with Crippen LogP contribution in [0.25, 0.3) is 0 Å². The standard InChI is InChI=1S/C10H13NO3/c1-3-4-5-8(2)9(12)11-6-7-14-10(11)13/h8H,5-7H2,1-2H3. The number of rotatable bonds is 2. The van der Waals surface area contributed by atoms with Gasteiger partial charge in [-0.2, -0.15) is 0 Å². The van der Waals surface area contributed by atoms with Crippen molar-refractivity contribution in [3.63, 3.8) is 0 Å². The van der Waals surface area contributed by atoms with Crippen molar-refractivity contribution in [2.24, 2.45) is 5.92 Å². The van der Waals surface area contributed by atoms with Gasteiger partial charge in [-0.15, -0.1) is 11.8 Å². The highest BCUT2D eigenvalue weighted by Gasteiger charge is 2.30. The van der Waals surface area contributed by atoms with Crippen LogP contribution in [0, 0.1) is 17.8 Å². The minimum absolute atomic E-state index is 0.199. The molecule has 4 heteroatoms. The van der Waals surface area contributed by atoms with Gasteiger partial charge >= 0.3 is 6.09 Å². The Morgan fingerprint density at radius 1 is 1.71 bits per heavy atom. The highest BCUT2D eigenvalue weighted by Crippen LogP contribution is 2.11. The van der Waals surface area contributed by atoms with Crippen LogP contribution in [-0.2, 0) is 9.53 Å². The van der Waals surface area contributed by atoms with Crippen molar-refractivity contribution in [1.82, 2.24) is 4.90 Å². The van der Waals surface area contributed by atoms with Crippen molar-refractivity contribution in [1.29, 1.82) is 0 Å². The van der Waals surface area contributed by atoms with Crippen molar-refractivity contribution in [3.05, 3.63) is 0 Å². The van der Waals surface area contributed by atoms with E-state index in [0.29, 0.717) is 19.6 Å². The molecule has 2 amide bonds. The molecule has 0 spiro atoms. The number of carbonyl (C=O) groups excluding carboxylic acids is 2. The predicted octanol–water partition coefficient (Wildman–Crippen LogP) is 1.01. The van der Waals surface area contributed by atoms with E-state index in [1.807, 2.05) is 0 Å². The van der Waals surface area contributed by atoms with Crippen molar-refractivity contribution in [2.45, 2.75) is 20.3 Å². The average Bonchev–Trinajstić information content (AvgIpc) is 2.59. The van der Waals surface area contributed by atoms with Gasteiger partial charge in [0.25, 0.3) is 0 Å². The second kappa shape index (κ2) is 4.66. The van der Waals surface area contributed by atoms with Crippen LogP contribution in [-0.4, -0.2) is 30.1 Å². The molecule has 1 aliphatic heterocycles. The average molecular weight is 195 g/mol. The largest absolute Gasteiger partial charge is 0.447 e. The minimum atomic E-state index is -0.536. The molecule has 0 aromatic heterocycles. The van der Waals surface area contributed by atoms with Crippen LogP contribution >= 0.6 is 0 Å². The lowest BCUT2D eigenvalue weighted by Crippen LogP contribution is -2.35. The van der Waals surface area contributed by atoms with Crippen molar-refractivity contribution in [3.8, 4) is 11.8 Å². The number of hydrogen-bond acceptors (Lipinski definition) is 3.